The van der Waals surface area contributed by atoms with Gasteiger partial charge in [0.2, 0.25) is 5.91 Å². The smallest absolute Gasteiger partial charge is 0.387 e. The van der Waals surface area contributed by atoms with Gasteiger partial charge in [0.05, 0.1) is 39.9 Å². The molecule has 0 aromatic rings. The van der Waals surface area contributed by atoms with Crippen LogP contribution in [0.25, 0.3) is 0 Å². The number of likely N-dealkylation sites (N-methyl/N-ethyl adjacent to an activating group) is 1. The summed E-state index contributed by atoms with van der Waals surface area (Å²) in [5.74, 6) is -0.193. The number of nitrogens with one attached hydrogen (secondary N) is 1. The first-order valence-corrected chi connectivity index (χ1v) is 26.2. The zero-order valence-corrected chi connectivity index (χ0v) is 40.6. The fraction of sp³-hybridized carbons (Fsp3) is 0.784. The summed E-state index contributed by atoms with van der Waals surface area (Å²) in [5, 5.41) is 13.7. The molecule has 0 aromatic carbocycles. The SMILES string of the molecule is CCC/C=C/CC/C=C/C(O)C(COP(=O)(O)OCC[N+](C)(C)C)NC(=O)CCCCCCCCCCCCCCCCCC/C=C\C/C=C\C/C=C\CCCCCCC. The van der Waals surface area contributed by atoms with Crippen molar-refractivity contribution >= 4 is 13.7 Å². The molecule has 0 rings (SSSR count). The average molecular weight is 864 g/mol. The third-order valence-electron chi connectivity index (χ3n) is 10.7. The number of allylic oxidation sites excluding steroid dienone is 9. The molecule has 60 heavy (non-hydrogen) atoms. The van der Waals surface area contributed by atoms with Crippen LogP contribution in [0.1, 0.15) is 206 Å². The van der Waals surface area contributed by atoms with Gasteiger partial charge in [0, 0.05) is 6.42 Å². The van der Waals surface area contributed by atoms with E-state index in [0.717, 1.165) is 57.8 Å². The van der Waals surface area contributed by atoms with E-state index in [1.54, 1.807) is 6.08 Å². The Kier molecular flexibility index (Phi) is 41.2. The number of hydrogen-bond acceptors (Lipinski definition) is 5. The van der Waals surface area contributed by atoms with Crippen LogP contribution in [0.5, 0.6) is 0 Å². The van der Waals surface area contributed by atoms with Crippen LogP contribution in [0, 0.1) is 0 Å². The molecule has 1 amide bonds. The van der Waals surface area contributed by atoms with Gasteiger partial charge in [0.25, 0.3) is 0 Å². The number of unbranched alkanes of at least 4 members (excludes halogenated alkanes) is 23. The van der Waals surface area contributed by atoms with E-state index < -0.39 is 20.0 Å². The Hall–Kier alpha value is -1.80. The number of rotatable bonds is 44. The van der Waals surface area contributed by atoms with Crippen molar-refractivity contribution in [2.24, 2.45) is 0 Å². The number of phosphoric acid groups is 1. The fourth-order valence-corrected chi connectivity index (χ4v) is 7.51. The van der Waals surface area contributed by atoms with Gasteiger partial charge in [-0.25, -0.2) is 4.57 Å². The van der Waals surface area contributed by atoms with E-state index in [9.17, 15) is 19.4 Å². The van der Waals surface area contributed by atoms with Gasteiger partial charge in [0.1, 0.15) is 13.2 Å². The van der Waals surface area contributed by atoms with E-state index in [0.29, 0.717) is 17.4 Å². The van der Waals surface area contributed by atoms with Crippen LogP contribution in [0.3, 0.4) is 0 Å². The minimum atomic E-state index is -4.34. The number of quaternary nitrogens is 1. The standard InChI is InChI=1S/C51H95N2O6P/c1-6-8-10-12-14-15-16-17-18-19-20-21-22-23-24-25-26-27-28-29-30-31-32-33-34-35-36-37-39-41-43-45-51(55)52-49(50(54)44-42-40-38-13-11-9-7-2)48-59-60(56,57)58-47-46-53(3,4)5/h11,13,16-17,19-20,22-23,42,44,49-50,54H,6-10,12,14-15,18,21,24-41,43,45-48H2,1-5H3,(H-,52,55,56,57)/p+1/b13-11+,17-16-,20-19-,23-22-,44-42+. The highest BCUT2D eigenvalue weighted by Crippen LogP contribution is 2.43. The van der Waals surface area contributed by atoms with Crippen LogP contribution in [-0.2, 0) is 18.4 Å². The lowest BCUT2D eigenvalue weighted by Crippen LogP contribution is -2.45. The van der Waals surface area contributed by atoms with Gasteiger partial charge in [-0.3, -0.25) is 13.8 Å². The molecule has 0 aliphatic carbocycles. The highest BCUT2D eigenvalue weighted by atomic mass is 31.2. The molecule has 9 heteroatoms. The largest absolute Gasteiger partial charge is 0.472 e. The third-order valence-corrected chi connectivity index (χ3v) is 11.7. The number of aliphatic hydroxyl groups excluding tert-OH is 1. The number of phosphoric ester groups is 1. The maximum absolute atomic E-state index is 12.8. The maximum Gasteiger partial charge on any atom is 0.472 e. The molecular weight excluding hydrogens is 768 g/mol. The second-order valence-corrected chi connectivity index (χ2v) is 19.3. The Morgan fingerprint density at radius 3 is 1.50 bits per heavy atom. The molecule has 0 spiro atoms. The van der Waals surface area contributed by atoms with Crippen molar-refractivity contribution in [3.8, 4) is 0 Å². The Morgan fingerprint density at radius 2 is 1.00 bits per heavy atom. The number of carbonyl (C=O) groups is 1. The van der Waals surface area contributed by atoms with Gasteiger partial charge in [-0.2, -0.15) is 0 Å². The fourth-order valence-electron chi connectivity index (χ4n) is 6.78. The van der Waals surface area contributed by atoms with Gasteiger partial charge < -0.3 is 19.8 Å². The monoisotopic (exact) mass is 864 g/mol. The molecular formula is C51H96N2O6P+. The lowest BCUT2D eigenvalue weighted by Gasteiger charge is -2.25. The molecule has 0 saturated carbocycles. The lowest BCUT2D eigenvalue weighted by atomic mass is 10.0. The van der Waals surface area contributed by atoms with Crippen molar-refractivity contribution in [2.75, 3.05) is 40.9 Å². The van der Waals surface area contributed by atoms with Crippen LogP contribution >= 0.6 is 7.82 Å². The van der Waals surface area contributed by atoms with E-state index in [1.807, 2.05) is 27.2 Å². The quantitative estimate of drug-likeness (QED) is 0.0244. The minimum absolute atomic E-state index is 0.0543. The van der Waals surface area contributed by atoms with Gasteiger partial charge in [-0.05, 0) is 64.2 Å². The van der Waals surface area contributed by atoms with Crippen molar-refractivity contribution in [1.29, 1.82) is 0 Å². The zero-order chi connectivity index (χ0) is 44.3. The minimum Gasteiger partial charge on any atom is -0.387 e. The van der Waals surface area contributed by atoms with E-state index in [2.05, 4.69) is 67.8 Å². The van der Waals surface area contributed by atoms with Crippen LogP contribution in [0.15, 0.2) is 60.8 Å². The van der Waals surface area contributed by atoms with Gasteiger partial charge in [-0.15, -0.1) is 0 Å². The molecule has 3 atom stereocenters. The molecule has 350 valence electrons. The third kappa shape index (κ3) is 44.3. The number of amides is 1. The van der Waals surface area contributed by atoms with E-state index >= 15 is 0 Å². The molecule has 0 heterocycles. The predicted octanol–water partition coefficient (Wildman–Crippen LogP) is 14.2. The first-order chi connectivity index (χ1) is 29.0. The normalized spacial score (nSPS) is 14.7. The molecule has 0 aliphatic rings. The molecule has 0 fully saturated rings. The topological polar surface area (TPSA) is 105 Å². The molecule has 8 nitrogen and oxygen atoms in total. The number of hydrogen-bond donors (Lipinski definition) is 3. The predicted molar refractivity (Wildman–Crippen MR) is 258 cm³/mol. The highest BCUT2D eigenvalue weighted by molar-refractivity contribution is 7.47. The number of carbonyl (C=O) groups excluding carboxylic acids is 1. The molecule has 0 bridgehead atoms. The van der Waals surface area contributed by atoms with Crippen molar-refractivity contribution in [3.05, 3.63) is 60.8 Å². The molecule has 0 aromatic heterocycles. The highest BCUT2D eigenvalue weighted by Gasteiger charge is 2.27. The average Bonchev–Trinajstić information content (AvgIpc) is 3.20. The number of aliphatic hydroxyl groups is 1. The van der Waals surface area contributed by atoms with E-state index in [4.69, 9.17) is 9.05 Å². The Labute approximate surface area is 371 Å². The molecule has 3 N–H and O–H groups in total. The molecule has 0 aliphatic heterocycles. The van der Waals surface area contributed by atoms with Crippen LogP contribution in [-0.4, -0.2) is 73.4 Å². The first-order valence-electron chi connectivity index (χ1n) is 24.7. The van der Waals surface area contributed by atoms with Gasteiger partial charge in [-0.1, -0.05) is 197 Å². The van der Waals surface area contributed by atoms with Gasteiger partial charge >= 0.3 is 7.82 Å². The Bertz CT molecular complexity index is 1160. The van der Waals surface area contributed by atoms with Gasteiger partial charge in [0.15, 0.2) is 0 Å². The summed E-state index contributed by atoms with van der Waals surface area (Å²) >= 11 is 0. The van der Waals surface area contributed by atoms with E-state index in [1.165, 1.54) is 128 Å². The lowest BCUT2D eigenvalue weighted by molar-refractivity contribution is -0.870. The summed E-state index contributed by atoms with van der Waals surface area (Å²) < 4.78 is 23.4. The van der Waals surface area contributed by atoms with Crippen molar-refractivity contribution in [2.45, 2.75) is 219 Å². The van der Waals surface area contributed by atoms with Crippen LogP contribution in [0.2, 0.25) is 0 Å². The van der Waals surface area contributed by atoms with Crippen molar-refractivity contribution < 1.29 is 32.9 Å². The van der Waals surface area contributed by atoms with Crippen LogP contribution < -0.4 is 5.32 Å². The summed E-state index contributed by atoms with van der Waals surface area (Å²) in [6.45, 7) is 4.66. The molecule has 3 unspecified atom stereocenters. The number of nitrogens with zero attached hydrogens (tertiary/aromatic N) is 1. The summed E-state index contributed by atoms with van der Waals surface area (Å²) in [6.07, 6.45) is 56.3. The Morgan fingerprint density at radius 1 is 0.567 bits per heavy atom. The second-order valence-electron chi connectivity index (χ2n) is 17.8. The molecule has 0 saturated heterocycles. The van der Waals surface area contributed by atoms with E-state index in [-0.39, 0.29) is 19.1 Å². The Balaban J connectivity index is 3.96. The maximum atomic E-state index is 12.8. The summed E-state index contributed by atoms with van der Waals surface area (Å²) in [7, 11) is 1.55. The second kappa shape index (κ2) is 42.5. The zero-order valence-electron chi connectivity index (χ0n) is 39.7. The first kappa shape index (κ1) is 58.2. The van der Waals surface area contributed by atoms with Crippen LogP contribution in [0.4, 0.5) is 0 Å². The summed E-state index contributed by atoms with van der Waals surface area (Å²) in [5.41, 5.74) is 0. The summed E-state index contributed by atoms with van der Waals surface area (Å²) in [4.78, 5) is 23.0. The molecule has 0 radical (unpaired) electrons. The van der Waals surface area contributed by atoms with Crippen molar-refractivity contribution in [1.82, 2.24) is 5.32 Å². The summed E-state index contributed by atoms with van der Waals surface area (Å²) in [6, 6.07) is -0.861. The van der Waals surface area contributed by atoms with Crippen molar-refractivity contribution in [3.63, 3.8) is 0 Å².